The van der Waals surface area contributed by atoms with E-state index in [1.54, 1.807) is 19.0 Å². The van der Waals surface area contributed by atoms with Gasteiger partial charge in [-0.05, 0) is 6.92 Å². The molecule has 0 saturated carbocycles. The Labute approximate surface area is 74.8 Å². The molecule has 6 nitrogen and oxygen atoms in total. The second-order valence-electron chi connectivity index (χ2n) is 2.84. The van der Waals surface area contributed by atoms with Crippen LogP contribution in [0.1, 0.15) is 12.6 Å². The molecular weight excluding hydrogens is 172 g/mol. The lowest BCUT2D eigenvalue weighted by Gasteiger charge is -2.11. The van der Waals surface area contributed by atoms with Crippen molar-refractivity contribution in [3.63, 3.8) is 0 Å². The zero-order chi connectivity index (χ0) is 9.59. The minimum Gasteiger partial charge on any atom is -0.492 e. The monoisotopic (exact) mass is 181 g/mol. The lowest BCUT2D eigenvalue weighted by atomic mass is 10.2. The van der Waals surface area contributed by atoms with Gasteiger partial charge in [0.15, 0.2) is 0 Å². The Morgan fingerprint density at radius 3 is 2.69 bits per heavy atom. The van der Waals surface area contributed by atoms with Crippen molar-refractivity contribution in [2.75, 3.05) is 12.1 Å². The van der Waals surface area contributed by atoms with E-state index in [1.807, 2.05) is 0 Å². The summed E-state index contributed by atoms with van der Waals surface area (Å²) in [4.78, 5) is 7.22. The summed E-state index contributed by atoms with van der Waals surface area (Å²) in [6.07, 6.45) is 0. The Kier molecular flexibility index (Phi) is 1.53. The predicted molar refractivity (Wildman–Crippen MR) is 44.9 cm³/mol. The summed E-state index contributed by atoms with van der Waals surface area (Å²) in [5, 5.41) is 20.0. The molecule has 0 aromatic carbocycles. The van der Waals surface area contributed by atoms with Gasteiger partial charge >= 0.3 is 6.01 Å². The molecule has 2 heterocycles. The summed E-state index contributed by atoms with van der Waals surface area (Å²) in [6, 6.07) is 0.346. The van der Waals surface area contributed by atoms with Crippen molar-refractivity contribution in [2.24, 2.45) is 0 Å². The molecule has 0 unspecified atom stereocenters. The van der Waals surface area contributed by atoms with Crippen LogP contribution in [0.25, 0.3) is 0 Å². The molecule has 1 aromatic heterocycles. The summed E-state index contributed by atoms with van der Waals surface area (Å²) in [7, 11) is 1.73. The molecular formula is C7H9N4O2. The number of hydrazine groups is 1. The normalized spacial score (nSPS) is 16.3. The van der Waals surface area contributed by atoms with Crippen LogP contribution in [0.3, 0.4) is 0 Å². The molecule has 0 saturated heterocycles. The van der Waals surface area contributed by atoms with E-state index in [0.717, 1.165) is 6.04 Å². The molecule has 0 amide bonds. The van der Waals surface area contributed by atoms with Crippen molar-refractivity contribution in [2.45, 2.75) is 6.92 Å². The number of aromatic hydroxyl groups is 2. The zero-order valence-electron chi connectivity index (χ0n) is 7.24. The summed E-state index contributed by atoms with van der Waals surface area (Å²) in [5.41, 5.74) is 3.93. The Morgan fingerprint density at radius 2 is 2.00 bits per heavy atom. The van der Waals surface area contributed by atoms with E-state index in [-0.39, 0.29) is 5.88 Å². The molecule has 1 aromatic rings. The van der Waals surface area contributed by atoms with E-state index in [1.165, 1.54) is 0 Å². The van der Waals surface area contributed by atoms with Crippen LogP contribution in [0.15, 0.2) is 0 Å². The minimum atomic E-state index is -0.423. The van der Waals surface area contributed by atoms with Crippen molar-refractivity contribution in [1.29, 1.82) is 0 Å². The van der Waals surface area contributed by atoms with E-state index >= 15 is 0 Å². The first-order chi connectivity index (χ1) is 6.09. The van der Waals surface area contributed by atoms with Crippen LogP contribution >= 0.6 is 0 Å². The molecule has 2 rings (SSSR count). The van der Waals surface area contributed by atoms with Crippen molar-refractivity contribution in [3.8, 4) is 11.9 Å². The van der Waals surface area contributed by atoms with Gasteiger partial charge in [-0.1, -0.05) is 0 Å². The van der Waals surface area contributed by atoms with E-state index in [4.69, 9.17) is 5.11 Å². The predicted octanol–water partition coefficient (Wildman–Crippen LogP) is -0.258. The fourth-order valence-electron chi connectivity index (χ4n) is 1.36. The molecule has 3 N–H and O–H groups in total. The zero-order valence-corrected chi connectivity index (χ0v) is 7.24. The highest BCUT2D eigenvalue weighted by atomic mass is 16.3. The van der Waals surface area contributed by atoms with E-state index < -0.39 is 6.01 Å². The molecule has 1 aliphatic heterocycles. The third-order valence-electron chi connectivity index (χ3n) is 1.88. The molecule has 1 aliphatic rings. The Hall–Kier alpha value is -1.56. The van der Waals surface area contributed by atoms with Crippen molar-refractivity contribution in [3.05, 3.63) is 11.7 Å². The summed E-state index contributed by atoms with van der Waals surface area (Å²) in [5.74, 6) is -0.227. The number of nitrogens with zero attached hydrogens (tertiary/aromatic N) is 3. The molecule has 0 aliphatic carbocycles. The summed E-state index contributed by atoms with van der Waals surface area (Å²) in [6.45, 7) is 1.80. The van der Waals surface area contributed by atoms with Gasteiger partial charge in [0, 0.05) is 7.05 Å². The van der Waals surface area contributed by atoms with Crippen LogP contribution < -0.4 is 10.4 Å². The average molecular weight is 181 g/mol. The highest BCUT2D eigenvalue weighted by molar-refractivity contribution is 5.65. The highest BCUT2D eigenvalue weighted by Crippen LogP contribution is 2.36. The highest BCUT2D eigenvalue weighted by Gasteiger charge is 2.29. The lowest BCUT2D eigenvalue weighted by molar-refractivity contribution is 0.397. The van der Waals surface area contributed by atoms with Gasteiger partial charge in [-0.3, -0.25) is 0 Å². The topological polar surface area (TPSA) is 81.5 Å². The Bertz CT molecular complexity index is 355. The van der Waals surface area contributed by atoms with E-state index in [2.05, 4.69) is 15.4 Å². The number of rotatable bonds is 0. The standard InChI is InChI=1S/C7H9N4O2/c1-3-4-5(11(2)10-3)6(12)9-7(13)8-4/h10H,1-2H3,(H2,8,9,12,13). The van der Waals surface area contributed by atoms with Gasteiger partial charge < -0.3 is 15.2 Å². The molecule has 0 atom stereocenters. The van der Waals surface area contributed by atoms with Crippen molar-refractivity contribution in [1.82, 2.24) is 15.4 Å². The van der Waals surface area contributed by atoms with Crippen LogP contribution in [-0.4, -0.2) is 27.2 Å². The average Bonchev–Trinajstić information content (AvgIpc) is 2.27. The number of anilines is 1. The van der Waals surface area contributed by atoms with Gasteiger partial charge in [0.25, 0.3) is 0 Å². The molecule has 13 heavy (non-hydrogen) atoms. The van der Waals surface area contributed by atoms with Crippen molar-refractivity contribution < 1.29 is 10.2 Å². The number of nitrogens with one attached hydrogen (secondary N) is 1. The Morgan fingerprint density at radius 1 is 1.31 bits per heavy atom. The van der Waals surface area contributed by atoms with Crippen LogP contribution in [0.5, 0.6) is 11.9 Å². The number of fused-ring (bicyclic) bond motifs is 1. The number of aromatic nitrogens is 2. The van der Waals surface area contributed by atoms with Crippen molar-refractivity contribution >= 4 is 5.69 Å². The van der Waals surface area contributed by atoms with Gasteiger partial charge in [-0.2, -0.15) is 9.97 Å². The fourth-order valence-corrected chi connectivity index (χ4v) is 1.36. The first kappa shape index (κ1) is 8.06. The summed E-state index contributed by atoms with van der Waals surface area (Å²) < 4.78 is 0. The largest absolute Gasteiger partial charge is 0.492 e. The van der Waals surface area contributed by atoms with Gasteiger partial charge in [0.1, 0.15) is 17.4 Å². The molecule has 1 radical (unpaired) electrons. The van der Waals surface area contributed by atoms with Gasteiger partial charge in [0.2, 0.25) is 5.88 Å². The quantitative estimate of drug-likeness (QED) is 0.511. The molecule has 0 spiro atoms. The van der Waals surface area contributed by atoms with E-state index in [9.17, 15) is 5.11 Å². The maximum absolute atomic E-state index is 9.39. The maximum Gasteiger partial charge on any atom is 0.317 e. The maximum atomic E-state index is 9.39. The SMILES string of the molecule is C[C]1NN(C)c2c(O)nc(O)nc21. The second-order valence-corrected chi connectivity index (χ2v) is 2.84. The van der Waals surface area contributed by atoms with Gasteiger partial charge in [0.05, 0.1) is 0 Å². The first-order valence-electron chi connectivity index (χ1n) is 3.74. The van der Waals surface area contributed by atoms with Crippen LogP contribution in [-0.2, 0) is 0 Å². The van der Waals surface area contributed by atoms with Crippen LogP contribution in [0.2, 0.25) is 0 Å². The van der Waals surface area contributed by atoms with Gasteiger partial charge in [-0.25, -0.2) is 5.43 Å². The molecule has 0 bridgehead atoms. The third-order valence-corrected chi connectivity index (χ3v) is 1.88. The number of hydrogen-bond donors (Lipinski definition) is 3. The molecule has 69 valence electrons. The van der Waals surface area contributed by atoms with Crippen LogP contribution in [0, 0.1) is 6.04 Å². The third kappa shape index (κ3) is 1.06. The molecule has 0 fully saturated rings. The summed E-state index contributed by atoms with van der Waals surface area (Å²) >= 11 is 0. The van der Waals surface area contributed by atoms with Crippen LogP contribution in [0.4, 0.5) is 5.69 Å². The van der Waals surface area contributed by atoms with E-state index in [0.29, 0.717) is 11.4 Å². The second kappa shape index (κ2) is 2.46. The molecule has 6 heteroatoms. The lowest BCUT2D eigenvalue weighted by Crippen LogP contribution is -2.29. The smallest absolute Gasteiger partial charge is 0.317 e. The number of hydrogen-bond acceptors (Lipinski definition) is 6. The minimum absolute atomic E-state index is 0.227. The first-order valence-corrected chi connectivity index (χ1v) is 3.74. The fraction of sp³-hybridized carbons (Fsp3) is 0.286. The van der Waals surface area contributed by atoms with Gasteiger partial charge in [-0.15, -0.1) is 0 Å². The Balaban J connectivity index is 2.63.